The summed E-state index contributed by atoms with van der Waals surface area (Å²) < 4.78 is 10.2. The van der Waals surface area contributed by atoms with Crippen LogP contribution in [0.25, 0.3) is 0 Å². The molecule has 0 saturated carbocycles. The van der Waals surface area contributed by atoms with Crippen LogP contribution in [-0.2, 0) is 9.47 Å². The largest absolute Gasteiger partial charge is 0.464 e. The number of hydrogen-bond donors (Lipinski definition) is 0. The number of esters is 1. The van der Waals surface area contributed by atoms with Crippen molar-refractivity contribution >= 4 is 17.7 Å². The monoisotopic (exact) mass is 347 g/mol. The highest BCUT2D eigenvalue weighted by atomic mass is 16.6. The minimum Gasteiger partial charge on any atom is -0.464 e. The van der Waals surface area contributed by atoms with Gasteiger partial charge in [-0.3, -0.25) is 4.90 Å². The number of fused-ring (bicyclic) bond motifs is 2. The molecule has 2 aliphatic rings. The highest BCUT2D eigenvalue weighted by Gasteiger charge is 2.44. The molecule has 3 rings (SSSR count). The van der Waals surface area contributed by atoms with Gasteiger partial charge in [-0.2, -0.15) is 0 Å². The van der Waals surface area contributed by atoms with E-state index in [4.69, 9.17) is 4.74 Å². The summed E-state index contributed by atoms with van der Waals surface area (Å²) >= 11 is 0. The van der Waals surface area contributed by atoms with Crippen LogP contribution in [0.3, 0.4) is 0 Å². The van der Waals surface area contributed by atoms with E-state index in [0.717, 1.165) is 31.6 Å². The maximum atomic E-state index is 12.5. The van der Waals surface area contributed by atoms with Crippen molar-refractivity contribution in [3.05, 3.63) is 24.0 Å². The summed E-state index contributed by atoms with van der Waals surface area (Å²) in [6.45, 7) is 7.15. The molecule has 0 aliphatic carbocycles. The highest BCUT2D eigenvalue weighted by Crippen LogP contribution is 2.33. The minimum absolute atomic E-state index is 0.147. The van der Waals surface area contributed by atoms with E-state index in [9.17, 15) is 9.59 Å². The lowest BCUT2D eigenvalue weighted by atomic mass is 10.1. The third kappa shape index (κ3) is 3.70. The van der Waals surface area contributed by atoms with Crippen molar-refractivity contribution in [1.82, 2.24) is 9.88 Å². The van der Waals surface area contributed by atoms with Crippen molar-refractivity contribution in [2.45, 2.75) is 51.3 Å². The van der Waals surface area contributed by atoms with Gasteiger partial charge in [0, 0.05) is 13.1 Å². The van der Waals surface area contributed by atoms with E-state index in [0.29, 0.717) is 5.69 Å². The van der Waals surface area contributed by atoms with Gasteiger partial charge in [-0.15, -0.1) is 0 Å². The zero-order valence-electron chi connectivity index (χ0n) is 15.2. The van der Waals surface area contributed by atoms with Gasteiger partial charge in [0.2, 0.25) is 0 Å². The minimum atomic E-state index is -0.485. The molecule has 0 spiro atoms. The highest BCUT2D eigenvalue weighted by molar-refractivity contribution is 5.87. The Morgan fingerprint density at radius 1 is 1.16 bits per heavy atom. The number of rotatable bonds is 2. The first-order chi connectivity index (χ1) is 11.8. The summed E-state index contributed by atoms with van der Waals surface area (Å²) in [5, 5.41) is 0. The molecule has 2 bridgehead atoms. The number of carbonyl (C=O) groups excluding carboxylic acids is 2. The van der Waals surface area contributed by atoms with E-state index in [1.54, 1.807) is 12.3 Å². The van der Waals surface area contributed by atoms with Crippen molar-refractivity contribution in [3.63, 3.8) is 0 Å². The fraction of sp³-hybridized carbons (Fsp3) is 0.611. The number of hydrogen-bond acceptors (Lipinski definition) is 6. The van der Waals surface area contributed by atoms with Gasteiger partial charge in [-0.25, -0.2) is 14.6 Å². The van der Waals surface area contributed by atoms with E-state index < -0.39 is 11.6 Å². The van der Waals surface area contributed by atoms with Crippen LogP contribution in [0.5, 0.6) is 0 Å². The van der Waals surface area contributed by atoms with Crippen molar-refractivity contribution in [2.75, 3.05) is 25.1 Å². The molecular weight excluding hydrogens is 322 g/mol. The van der Waals surface area contributed by atoms with E-state index in [-0.39, 0.29) is 18.2 Å². The van der Waals surface area contributed by atoms with Crippen molar-refractivity contribution in [3.8, 4) is 0 Å². The van der Waals surface area contributed by atoms with Crippen LogP contribution in [-0.4, -0.2) is 59.8 Å². The molecular formula is C18H25N3O4. The van der Waals surface area contributed by atoms with Gasteiger partial charge < -0.3 is 14.4 Å². The molecule has 3 heterocycles. The summed E-state index contributed by atoms with van der Waals surface area (Å²) in [7, 11) is 1.34. The van der Waals surface area contributed by atoms with Crippen molar-refractivity contribution in [1.29, 1.82) is 0 Å². The second-order valence-corrected chi connectivity index (χ2v) is 7.57. The van der Waals surface area contributed by atoms with Gasteiger partial charge in [-0.05, 0) is 45.7 Å². The third-order valence-corrected chi connectivity index (χ3v) is 4.59. The normalized spacial score (nSPS) is 22.7. The van der Waals surface area contributed by atoms with Gasteiger partial charge in [-0.1, -0.05) is 0 Å². The molecule has 0 aromatic carbocycles. The van der Waals surface area contributed by atoms with Crippen LogP contribution in [0.2, 0.25) is 0 Å². The molecule has 2 fully saturated rings. The molecule has 1 amide bonds. The van der Waals surface area contributed by atoms with Crippen LogP contribution in [0.4, 0.5) is 10.5 Å². The number of ether oxygens (including phenoxy) is 2. The average molecular weight is 347 g/mol. The fourth-order valence-electron chi connectivity index (χ4n) is 3.52. The van der Waals surface area contributed by atoms with Gasteiger partial charge in [0.25, 0.3) is 0 Å². The molecule has 7 heteroatoms. The second-order valence-electron chi connectivity index (χ2n) is 7.57. The Balaban J connectivity index is 1.69. The Hall–Kier alpha value is -2.31. The summed E-state index contributed by atoms with van der Waals surface area (Å²) in [5.74, 6) is -0.443. The van der Waals surface area contributed by atoms with Gasteiger partial charge in [0.15, 0.2) is 0 Å². The second kappa shape index (κ2) is 6.54. The first-order valence-electron chi connectivity index (χ1n) is 8.59. The molecule has 25 heavy (non-hydrogen) atoms. The first kappa shape index (κ1) is 17.5. The molecule has 2 atom stereocenters. The van der Waals surface area contributed by atoms with E-state index in [1.165, 1.54) is 7.11 Å². The number of pyridine rings is 1. The van der Waals surface area contributed by atoms with Crippen LogP contribution >= 0.6 is 0 Å². The number of carbonyl (C=O) groups is 2. The predicted molar refractivity (Wildman–Crippen MR) is 92.7 cm³/mol. The maximum Gasteiger partial charge on any atom is 0.410 e. The summed E-state index contributed by atoms with van der Waals surface area (Å²) in [5.41, 5.74) is 0.761. The molecule has 0 N–H and O–H groups in total. The lowest BCUT2D eigenvalue weighted by Gasteiger charge is -2.42. The van der Waals surface area contributed by atoms with Gasteiger partial charge in [0.05, 0.1) is 31.1 Å². The van der Waals surface area contributed by atoms with E-state index in [1.807, 2.05) is 31.7 Å². The zero-order valence-corrected chi connectivity index (χ0v) is 15.2. The zero-order chi connectivity index (χ0) is 18.2. The molecule has 1 aromatic rings. The Bertz CT molecular complexity index is 639. The topological polar surface area (TPSA) is 72.0 Å². The molecule has 2 saturated heterocycles. The van der Waals surface area contributed by atoms with Crippen LogP contribution in [0.15, 0.2) is 18.3 Å². The quantitative estimate of drug-likeness (QED) is 0.765. The van der Waals surface area contributed by atoms with Crippen molar-refractivity contribution < 1.29 is 19.1 Å². The van der Waals surface area contributed by atoms with Gasteiger partial charge in [0.1, 0.15) is 11.3 Å². The standard InChI is InChI=1S/C18H25N3O4/c1-18(2,3)25-17(23)21-13-5-6-14(21)11-20(10-13)12-7-8-15(19-9-12)16(22)24-4/h7-9,13-14H,5-6,10-11H2,1-4H3. The first-order valence-corrected chi connectivity index (χ1v) is 8.59. The molecule has 2 aliphatic heterocycles. The number of aromatic nitrogens is 1. The van der Waals surface area contributed by atoms with Crippen LogP contribution < -0.4 is 4.90 Å². The van der Waals surface area contributed by atoms with E-state index >= 15 is 0 Å². The average Bonchev–Trinajstić information content (AvgIpc) is 2.83. The maximum absolute atomic E-state index is 12.5. The number of anilines is 1. The predicted octanol–water partition coefficient (Wildman–Crippen LogP) is 2.46. The fourth-order valence-corrected chi connectivity index (χ4v) is 3.52. The van der Waals surface area contributed by atoms with Crippen molar-refractivity contribution in [2.24, 2.45) is 0 Å². The number of nitrogens with zero attached hydrogens (tertiary/aromatic N) is 3. The number of amides is 1. The molecule has 136 valence electrons. The van der Waals surface area contributed by atoms with Crippen LogP contribution in [0.1, 0.15) is 44.1 Å². The SMILES string of the molecule is COC(=O)c1ccc(N2CC3CCC(C2)N3C(=O)OC(C)(C)C)cn1. The molecule has 7 nitrogen and oxygen atoms in total. The Kier molecular flexibility index (Phi) is 4.58. The lowest BCUT2D eigenvalue weighted by molar-refractivity contribution is 0.0123. The summed E-state index contributed by atoms with van der Waals surface area (Å²) in [4.78, 5) is 32.3. The molecule has 0 radical (unpaired) electrons. The number of methoxy groups -OCH3 is 1. The van der Waals surface area contributed by atoms with Gasteiger partial charge >= 0.3 is 12.1 Å². The third-order valence-electron chi connectivity index (χ3n) is 4.59. The summed E-state index contributed by atoms with van der Waals surface area (Å²) in [6, 6.07) is 3.84. The van der Waals surface area contributed by atoms with E-state index in [2.05, 4.69) is 14.6 Å². The Morgan fingerprint density at radius 2 is 1.80 bits per heavy atom. The Morgan fingerprint density at radius 3 is 2.28 bits per heavy atom. The lowest BCUT2D eigenvalue weighted by Crippen LogP contribution is -2.56. The molecule has 1 aromatic heterocycles. The number of piperazine rings is 1. The smallest absolute Gasteiger partial charge is 0.410 e. The Labute approximate surface area is 147 Å². The molecule has 2 unspecified atom stereocenters. The van der Waals surface area contributed by atoms with Crippen LogP contribution in [0, 0.1) is 0 Å². The summed E-state index contributed by atoms with van der Waals surface area (Å²) in [6.07, 6.45) is 3.43.